The van der Waals surface area contributed by atoms with Crippen LogP contribution in [0, 0.1) is 0 Å². The summed E-state index contributed by atoms with van der Waals surface area (Å²) in [6, 6.07) is -0.526. The summed E-state index contributed by atoms with van der Waals surface area (Å²) in [6.07, 6.45) is 37.3. The molecule has 0 radical (unpaired) electrons. The first-order valence-corrected chi connectivity index (χ1v) is 18.2. The van der Waals surface area contributed by atoms with Crippen LogP contribution in [-0.4, -0.2) is 34.9 Å². The van der Waals surface area contributed by atoms with E-state index in [0.29, 0.717) is 12.8 Å². The van der Waals surface area contributed by atoms with Crippen LogP contribution in [0.3, 0.4) is 0 Å². The van der Waals surface area contributed by atoms with E-state index < -0.39 is 12.1 Å². The van der Waals surface area contributed by atoms with Crippen molar-refractivity contribution in [2.45, 2.75) is 219 Å². The summed E-state index contributed by atoms with van der Waals surface area (Å²) in [5, 5.41) is 22.9. The van der Waals surface area contributed by atoms with Crippen LogP contribution in [0.5, 0.6) is 0 Å². The van der Waals surface area contributed by atoms with Crippen molar-refractivity contribution in [2.24, 2.45) is 0 Å². The average molecular weight is 568 g/mol. The lowest BCUT2D eigenvalue weighted by atomic mass is 10.0. The third-order valence-corrected chi connectivity index (χ3v) is 8.62. The van der Waals surface area contributed by atoms with Gasteiger partial charge in [0.15, 0.2) is 0 Å². The van der Waals surface area contributed by atoms with Gasteiger partial charge in [-0.05, 0) is 12.8 Å². The van der Waals surface area contributed by atoms with Gasteiger partial charge in [0.25, 0.3) is 0 Å². The molecule has 2 atom stereocenters. The Hall–Kier alpha value is -0.610. The molecular formula is C36H73NO3. The van der Waals surface area contributed by atoms with E-state index in [1.54, 1.807) is 0 Å². The van der Waals surface area contributed by atoms with E-state index in [1.165, 1.54) is 154 Å². The molecule has 0 unspecified atom stereocenters. The van der Waals surface area contributed by atoms with Gasteiger partial charge < -0.3 is 15.5 Å². The Morgan fingerprint density at radius 1 is 0.500 bits per heavy atom. The lowest BCUT2D eigenvalue weighted by Gasteiger charge is -2.22. The van der Waals surface area contributed by atoms with Gasteiger partial charge in [-0.15, -0.1) is 0 Å². The Balaban J connectivity index is 3.47. The van der Waals surface area contributed by atoms with Crippen molar-refractivity contribution in [1.29, 1.82) is 0 Å². The number of unbranched alkanes of at least 4 members (excludes halogenated alkanes) is 26. The van der Waals surface area contributed by atoms with E-state index in [0.717, 1.165) is 25.7 Å². The zero-order valence-corrected chi connectivity index (χ0v) is 27.4. The van der Waals surface area contributed by atoms with Crippen molar-refractivity contribution < 1.29 is 15.0 Å². The molecule has 4 heteroatoms. The van der Waals surface area contributed by atoms with Crippen molar-refractivity contribution >= 4 is 5.91 Å². The Morgan fingerprint density at radius 3 is 1.12 bits per heavy atom. The minimum absolute atomic E-state index is 0.0304. The third kappa shape index (κ3) is 28.9. The quantitative estimate of drug-likeness (QED) is 0.0691. The highest BCUT2D eigenvalue weighted by Gasteiger charge is 2.19. The van der Waals surface area contributed by atoms with Crippen LogP contribution >= 0.6 is 0 Å². The van der Waals surface area contributed by atoms with Crippen molar-refractivity contribution in [3.05, 3.63) is 0 Å². The highest BCUT2D eigenvalue weighted by atomic mass is 16.3. The lowest BCUT2D eigenvalue weighted by Crippen LogP contribution is -2.45. The Morgan fingerprint density at radius 2 is 0.800 bits per heavy atom. The summed E-state index contributed by atoms with van der Waals surface area (Å²) in [5.41, 5.74) is 0. The second-order valence-electron chi connectivity index (χ2n) is 12.7. The maximum atomic E-state index is 12.3. The predicted octanol–water partition coefficient (Wildman–Crippen LogP) is 10.6. The Labute approximate surface area is 251 Å². The Kier molecular flexibility index (Phi) is 32.4. The highest BCUT2D eigenvalue weighted by Crippen LogP contribution is 2.16. The monoisotopic (exact) mass is 568 g/mol. The van der Waals surface area contributed by atoms with E-state index in [1.807, 2.05) is 0 Å². The summed E-state index contributed by atoms with van der Waals surface area (Å²) >= 11 is 0. The summed E-state index contributed by atoms with van der Waals surface area (Å²) in [7, 11) is 0. The van der Waals surface area contributed by atoms with E-state index in [2.05, 4.69) is 19.2 Å². The second kappa shape index (κ2) is 32.9. The van der Waals surface area contributed by atoms with Crippen LogP contribution in [0.2, 0.25) is 0 Å². The van der Waals surface area contributed by atoms with Crippen LogP contribution in [0.1, 0.15) is 206 Å². The van der Waals surface area contributed by atoms with E-state index in [4.69, 9.17) is 0 Å². The molecule has 0 rings (SSSR count). The topological polar surface area (TPSA) is 69.6 Å². The molecule has 4 nitrogen and oxygen atoms in total. The molecule has 1 amide bonds. The molecule has 0 aromatic rings. The second-order valence-corrected chi connectivity index (χ2v) is 12.7. The molecule has 3 N–H and O–H groups in total. The number of nitrogens with one attached hydrogen (secondary N) is 1. The molecule has 0 aromatic carbocycles. The molecule has 0 aromatic heterocycles. The number of aliphatic hydroxyl groups is 2. The van der Waals surface area contributed by atoms with Crippen LogP contribution in [0.4, 0.5) is 0 Å². The largest absolute Gasteiger partial charge is 0.394 e. The molecule has 0 aliphatic heterocycles. The Bertz CT molecular complexity index is 498. The van der Waals surface area contributed by atoms with Crippen molar-refractivity contribution in [2.75, 3.05) is 6.61 Å². The minimum atomic E-state index is -0.649. The smallest absolute Gasteiger partial charge is 0.220 e. The summed E-state index contributed by atoms with van der Waals surface area (Å²) < 4.78 is 0. The zero-order chi connectivity index (χ0) is 29.4. The van der Waals surface area contributed by atoms with Gasteiger partial charge in [-0.25, -0.2) is 0 Å². The number of amides is 1. The fraction of sp³-hybridized carbons (Fsp3) is 0.972. The molecule has 0 saturated heterocycles. The molecule has 0 aliphatic carbocycles. The number of aliphatic hydroxyl groups excluding tert-OH is 2. The van der Waals surface area contributed by atoms with Gasteiger partial charge in [0.05, 0.1) is 18.8 Å². The molecule has 40 heavy (non-hydrogen) atoms. The van der Waals surface area contributed by atoms with Gasteiger partial charge >= 0.3 is 0 Å². The summed E-state index contributed by atoms with van der Waals surface area (Å²) in [6.45, 7) is 4.34. The maximum Gasteiger partial charge on any atom is 0.220 e. The molecule has 0 saturated carbocycles. The van der Waals surface area contributed by atoms with E-state index in [9.17, 15) is 15.0 Å². The number of hydrogen-bond donors (Lipinski definition) is 3. The van der Waals surface area contributed by atoms with Gasteiger partial charge in [-0.2, -0.15) is 0 Å². The SMILES string of the molecule is CCCCCCCCCCCCCCCCCCCCCC(=O)N[C@@H](CO)[C@H](O)CCCCCCCCCCC. The maximum absolute atomic E-state index is 12.3. The molecule has 240 valence electrons. The number of rotatable bonds is 33. The zero-order valence-electron chi connectivity index (χ0n) is 27.4. The highest BCUT2D eigenvalue weighted by molar-refractivity contribution is 5.76. The molecule has 0 spiro atoms. The fourth-order valence-corrected chi connectivity index (χ4v) is 5.77. The van der Waals surface area contributed by atoms with E-state index >= 15 is 0 Å². The standard InChI is InChI=1S/C36H73NO3/c1-3-5-7-9-11-13-14-15-16-17-18-19-20-21-22-24-26-28-30-32-36(40)37-34(33-38)35(39)31-29-27-25-23-12-10-8-6-4-2/h34-35,38-39H,3-33H2,1-2H3,(H,37,40)/t34-,35+/m0/s1. The minimum Gasteiger partial charge on any atom is -0.394 e. The number of carbonyl (C=O) groups excluding carboxylic acids is 1. The first kappa shape index (κ1) is 39.4. The van der Waals surface area contributed by atoms with Gasteiger partial charge in [-0.1, -0.05) is 187 Å². The van der Waals surface area contributed by atoms with Crippen molar-refractivity contribution in [3.63, 3.8) is 0 Å². The number of carbonyl (C=O) groups is 1. The van der Waals surface area contributed by atoms with Crippen molar-refractivity contribution in [3.8, 4) is 0 Å². The first-order chi connectivity index (χ1) is 19.7. The first-order valence-electron chi connectivity index (χ1n) is 18.2. The normalized spacial score (nSPS) is 13.0. The van der Waals surface area contributed by atoms with Crippen molar-refractivity contribution in [1.82, 2.24) is 5.32 Å². The van der Waals surface area contributed by atoms with Gasteiger partial charge in [-0.3, -0.25) is 4.79 Å². The van der Waals surface area contributed by atoms with Gasteiger partial charge in [0.1, 0.15) is 0 Å². The van der Waals surface area contributed by atoms with Crippen LogP contribution in [0.25, 0.3) is 0 Å². The molecule has 0 aliphatic rings. The van der Waals surface area contributed by atoms with Crippen LogP contribution < -0.4 is 5.32 Å². The van der Waals surface area contributed by atoms with Crippen LogP contribution in [0.15, 0.2) is 0 Å². The van der Waals surface area contributed by atoms with Gasteiger partial charge in [0.2, 0.25) is 5.91 Å². The van der Waals surface area contributed by atoms with Crippen LogP contribution in [-0.2, 0) is 4.79 Å². The fourth-order valence-electron chi connectivity index (χ4n) is 5.77. The third-order valence-electron chi connectivity index (χ3n) is 8.62. The average Bonchev–Trinajstić information content (AvgIpc) is 2.96. The number of hydrogen-bond acceptors (Lipinski definition) is 3. The van der Waals surface area contributed by atoms with E-state index in [-0.39, 0.29) is 12.5 Å². The molecule has 0 heterocycles. The predicted molar refractivity (Wildman–Crippen MR) is 175 cm³/mol. The lowest BCUT2D eigenvalue weighted by molar-refractivity contribution is -0.123. The molecular weight excluding hydrogens is 494 g/mol. The molecule has 0 fully saturated rings. The summed E-state index contributed by atoms with van der Waals surface area (Å²) in [4.78, 5) is 12.3. The molecule has 0 bridgehead atoms. The van der Waals surface area contributed by atoms with Gasteiger partial charge in [0, 0.05) is 6.42 Å². The summed E-state index contributed by atoms with van der Waals surface area (Å²) in [5.74, 6) is -0.0304.